The van der Waals surface area contributed by atoms with Crippen molar-refractivity contribution in [1.29, 1.82) is 0 Å². The van der Waals surface area contributed by atoms with Crippen LogP contribution in [0.25, 0.3) is 0 Å². The molecule has 0 spiro atoms. The third kappa shape index (κ3) is 2.42. The van der Waals surface area contributed by atoms with Gasteiger partial charge in [-0.1, -0.05) is 23.3 Å². The predicted octanol–water partition coefficient (Wildman–Crippen LogP) is 2.53. The molecule has 0 unspecified atom stereocenters. The number of halogens is 1. The lowest BCUT2D eigenvalue weighted by Gasteiger charge is -2.25. The average Bonchev–Trinajstić information content (AvgIpc) is 2.28. The van der Waals surface area contributed by atoms with Gasteiger partial charge in [-0.3, -0.25) is 9.78 Å². The fraction of sp³-hybridized carbons (Fsp3) is 0.333. The monoisotopic (exact) mass is 236 g/mol. The summed E-state index contributed by atoms with van der Waals surface area (Å²) in [4.78, 5) is 17.9. The number of carbonyl (C=O) groups is 1. The van der Waals surface area contributed by atoms with E-state index in [1.54, 1.807) is 23.2 Å². The van der Waals surface area contributed by atoms with Crippen molar-refractivity contribution in [3.63, 3.8) is 0 Å². The minimum atomic E-state index is -0.0463. The highest BCUT2D eigenvalue weighted by atomic mass is 35.5. The van der Waals surface area contributed by atoms with Crippen LogP contribution in [-0.2, 0) is 0 Å². The van der Waals surface area contributed by atoms with E-state index in [1.165, 1.54) is 5.57 Å². The SMILES string of the molecule is CC1=CCCN(C(=O)c2cc(Cl)ccn2)C1. The van der Waals surface area contributed by atoms with Crippen molar-refractivity contribution in [2.24, 2.45) is 0 Å². The van der Waals surface area contributed by atoms with Crippen LogP contribution in [0.15, 0.2) is 30.0 Å². The molecule has 0 aliphatic carbocycles. The Morgan fingerprint density at radius 1 is 1.56 bits per heavy atom. The van der Waals surface area contributed by atoms with E-state index in [-0.39, 0.29) is 5.91 Å². The van der Waals surface area contributed by atoms with Crippen LogP contribution >= 0.6 is 11.6 Å². The fourth-order valence-electron chi connectivity index (χ4n) is 1.77. The summed E-state index contributed by atoms with van der Waals surface area (Å²) < 4.78 is 0. The topological polar surface area (TPSA) is 33.2 Å². The molecular formula is C12H13ClN2O. The molecule has 0 fully saturated rings. The summed E-state index contributed by atoms with van der Waals surface area (Å²) in [6.07, 6.45) is 4.63. The molecule has 84 valence electrons. The van der Waals surface area contributed by atoms with Gasteiger partial charge in [-0.25, -0.2) is 0 Å². The smallest absolute Gasteiger partial charge is 0.272 e. The molecule has 1 aromatic rings. The van der Waals surface area contributed by atoms with Crippen LogP contribution in [0.4, 0.5) is 0 Å². The van der Waals surface area contributed by atoms with Crippen LogP contribution < -0.4 is 0 Å². The van der Waals surface area contributed by atoms with Crippen molar-refractivity contribution in [3.05, 3.63) is 40.7 Å². The highest BCUT2D eigenvalue weighted by Gasteiger charge is 2.19. The molecular weight excluding hydrogens is 224 g/mol. The number of hydrogen-bond donors (Lipinski definition) is 0. The van der Waals surface area contributed by atoms with E-state index in [0.29, 0.717) is 17.3 Å². The molecule has 0 saturated carbocycles. The second-order valence-corrected chi connectivity index (χ2v) is 4.36. The Kier molecular flexibility index (Phi) is 3.25. The van der Waals surface area contributed by atoms with Crippen molar-refractivity contribution < 1.29 is 4.79 Å². The molecule has 1 amide bonds. The van der Waals surface area contributed by atoms with Crippen molar-refractivity contribution in [2.45, 2.75) is 13.3 Å². The summed E-state index contributed by atoms with van der Waals surface area (Å²) >= 11 is 5.83. The molecule has 0 aromatic carbocycles. The zero-order valence-corrected chi connectivity index (χ0v) is 9.87. The van der Waals surface area contributed by atoms with Gasteiger partial charge in [-0.2, -0.15) is 0 Å². The number of rotatable bonds is 1. The Labute approximate surface area is 99.7 Å². The maximum Gasteiger partial charge on any atom is 0.272 e. The number of hydrogen-bond acceptors (Lipinski definition) is 2. The van der Waals surface area contributed by atoms with Crippen molar-refractivity contribution in [1.82, 2.24) is 9.88 Å². The summed E-state index contributed by atoms with van der Waals surface area (Å²) in [5, 5.41) is 0.544. The predicted molar refractivity (Wildman–Crippen MR) is 63.5 cm³/mol. The molecule has 2 heterocycles. The van der Waals surface area contributed by atoms with E-state index in [4.69, 9.17) is 11.6 Å². The first-order valence-corrected chi connectivity index (χ1v) is 5.61. The summed E-state index contributed by atoms with van der Waals surface area (Å²) in [7, 11) is 0. The lowest BCUT2D eigenvalue weighted by molar-refractivity contribution is 0.0760. The summed E-state index contributed by atoms with van der Waals surface area (Å²) in [5.74, 6) is -0.0463. The van der Waals surface area contributed by atoms with E-state index in [2.05, 4.69) is 11.1 Å². The number of pyridine rings is 1. The van der Waals surface area contributed by atoms with Crippen LogP contribution in [-0.4, -0.2) is 28.9 Å². The fourth-order valence-corrected chi connectivity index (χ4v) is 1.93. The second-order valence-electron chi connectivity index (χ2n) is 3.93. The molecule has 4 heteroatoms. The molecule has 0 radical (unpaired) electrons. The second kappa shape index (κ2) is 4.66. The summed E-state index contributed by atoms with van der Waals surface area (Å²) in [6.45, 7) is 3.47. The number of amides is 1. The summed E-state index contributed by atoms with van der Waals surface area (Å²) in [5.41, 5.74) is 1.64. The molecule has 16 heavy (non-hydrogen) atoms. The Balaban J connectivity index is 2.16. The maximum absolute atomic E-state index is 12.1. The van der Waals surface area contributed by atoms with Gasteiger partial charge in [0, 0.05) is 24.3 Å². The van der Waals surface area contributed by atoms with Crippen LogP contribution in [0.2, 0.25) is 5.02 Å². The number of carbonyl (C=O) groups excluding carboxylic acids is 1. The maximum atomic E-state index is 12.1. The zero-order valence-electron chi connectivity index (χ0n) is 9.11. The van der Waals surface area contributed by atoms with E-state index in [0.717, 1.165) is 13.0 Å². The van der Waals surface area contributed by atoms with Crippen LogP contribution in [0.5, 0.6) is 0 Å². The van der Waals surface area contributed by atoms with E-state index >= 15 is 0 Å². The highest BCUT2D eigenvalue weighted by Crippen LogP contribution is 2.14. The van der Waals surface area contributed by atoms with Gasteiger partial charge in [-0.05, 0) is 25.5 Å². The first-order valence-electron chi connectivity index (χ1n) is 5.23. The van der Waals surface area contributed by atoms with Gasteiger partial charge in [0.15, 0.2) is 0 Å². The van der Waals surface area contributed by atoms with Gasteiger partial charge in [0.05, 0.1) is 0 Å². The van der Waals surface area contributed by atoms with Crippen molar-refractivity contribution >= 4 is 17.5 Å². The van der Waals surface area contributed by atoms with E-state index in [1.807, 2.05) is 6.92 Å². The molecule has 0 bridgehead atoms. The molecule has 0 saturated heterocycles. The van der Waals surface area contributed by atoms with Crippen LogP contribution in [0.1, 0.15) is 23.8 Å². The van der Waals surface area contributed by atoms with Crippen molar-refractivity contribution in [2.75, 3.05) is 13.1 Å². The quantitative estimate of drug-likeness (QED) is 0.702. The third-order valence-corrected chi connectivity index (χ3v) is 2.80. The van der Waals surface area contributed by atoms with E-state index < -0.39 is 0 Å². The lowest BCUT2D eigenvalue weighted by atomic mass is 10.1. The minimum Gasteiger partial charge on any atom is -0.333 e. The molecule has 2 rings (SSSR count). The van der Waals surface area contributed by atoms with Gasteiger partial charge >= 0.3 is 0 Å². The van der Waals surface area contributed by atoms with Crippen molar-refractivity contribution in [3.8, 4) is 0 Å². The number of nitrogens with zero attached hydrogens (tertiary/aromatic N) is 2. The molecule has 1 aliphatic heterocycles. The van der Waals surface area contributed by atoms with Crippen LogP contribution in [0, 0.1) is 0 Å². The van der Waals surface area contributed by atoms with Gasteiger partial charge in [0.2, 0.25) is 0 Å². The molecule has 1 aromatic heterocycles. The third-order valence-electron chi connectivity index (χ3n) is 2.56. The number of aromatic nitrogens is 1. The Hall–Kier alpha value is -1.35. The van der Waals surface area contributed by atoms with Gasteiger partial charge in [0.25, 0.3) is 5.91 Å². The molecule has 0 atom stereocenters. The normalized spacial score (nSPS) is 15.9. The Morgan fingerprint density at radius 3 is 3.06 bits per heavy atom. The zero-order chi connectivity index (χ0) is 11.5. The molecule has 0 N–H and O–H groups in total. The summed E-state index contributed by atoms with van der Waals surface area (Å²) in [6, 6.07) is 3.28. The van der Waals surface area contributed by atoms with Gasteiger partial charge in [0.1, 0.15) is 5.69 Å². The average molecular weight is 237 g/mol. The lowest BCUT2D eigenvalue weighted by Crippen LogP contribution is -2.35. The Morgan fingerprint density at radius 2 is 2.38 bits per heavy atom. The van der Waals surface area contributed by atoms with Gasteiger partial charge in [-0.15, -0.1) is 0 Å². The molecule has 3 nitrogen and oxygen atoms in total. The first-order chi connectivity index (χ1) is 7.66. The highest BCUT2D eigenvalue weighted by molar-refractivity contribution is 6.30. The standard InChI is InChI=1S/C12H13ClN2O/c1-9-3-2-6-15(8-9)12(16)11-7-10(13)4-5-14-11/h3-5,7H,2,6,8H2,1H3. The Bertz CT molecular complexity index is 442. The van der Waals surface area contributed by atoms with Crippen LogP contribution in [0.3, 0.4) is 0 Å². The first kappa shape index (κ1) is 11.1. The minimum absolute atomic E-state index is 0.0463. The van der Waals surface area contributed by atoms with Gasteiger partial charge < -0.3 is 4.90 Å². The molecule has 1 aliphatic rings. The van der Waals surface area contributed by atoms with E-state index in [9.17, 15) is 4.79 Å². The largest absolute Gasteiger partial charge is 0.333 e.